The van der Waals surface area contributed by atoms with Crippen molar-refractivity contribution < 1.29 is 14.6 Å². The van der Waals surface area contributed by atoms with Gasteiger partial charge in [0.25, 0.3) is 5.91 Å². The van der Waals surface area contributed by atoms with Crippen LogP contribution < -0.4 is 0 Å². The first-order valence-corrected chi connectivity index (χ1v) is 8.95. The molecule has 25 heavy (non-hydrogen) atoms. The highest BCUT2D eigenvalue weighted by atomic mass is 16.5. The van der Waals surface area contributed by atoms with Crippen molar-refractivity contribution in [1.29, 1.82) is 0 Å². The third kappa shape index (κ3) is 2.81. The Morgan fingerprint density at radius 1 is 1.40 bits per heavy atom. The van der Waals surface area contributed by atoms with Crippen LogP contribution in [0.5, 0.6) is 0 Å². The first-order chi connectivity index (χ1) is 12.1. The first-order valence-electron chi connectivity index (χ1n) is 8.95. The second-order valence-corrected chi connectivity index (χ2v) is 7.16. The molecule has 0 aromatic carbocycles. The number of amides is 1. The number of aromatic nitrogens is 3. The first kappa shape index (κ1) is 16.5. The molecule has 2 fully saturated rings. The minimum Gasteiger partial charge on any atom is -0.393 e. The number of hydrogen-bond acceptors (Lipinski definition) is 5. The van der Waals surface area contributed by atoms with E-state index < -0.39 is 0 Å². The number of aliphatic hydroxyl groups excluding tert-OH is 1. The highest BCUT2D eigenvalue weighted by Gasteiger charge is 2.40. The molecule has 3 atom stereocenters. The number of hydrogen-bond donors (Lipinski definition) is 2. The van der Waals surface area contributed by atoms with Crippen LogP contribution in [0.15, 0.2) is 6.07 Å². The summed E-state index contributed by atoms with van der Waals surface area (Å²) in [5.41, 5.74) is 2.82. The lowest BCUT2D eigenvalue weighted by molar-refractivity contribution is -0.0382. The number of ether oxygens (including phenoxy) is 1. The van der Waals surface area contributed by atoms with Gasteiger partial charge in [0.1, 0.15) is 0 Å². The van der Waals surface area contributed by atoms with Gasteiger partial charge in [-0.25, -0.2) is 4.98 Å². The van der Waals surface area contributed by atoms with E-state index in [1.54, 1.807) is 0 Å². The third-order valence-corrected chi connectivity index (χ3v) is 5.52. The van der Waals surface area contributed by atoms with E-state index in [-0.39, 0.29) is 24.0 Å². The molecule has 2 aliphatic rings. The van der Waals surface area contributed by atoms with Gasteiger partial charge in [-0.05, 0) is 32.8 Å². The molecule has 1 saturated carbocycles. The summed E-state index contributed by atoms with van der Waals surface area (Å²) < 4.78 is 5.64. The Bertz CT molecular complexity index is 803. The van der Waals surface area contributed by atoms with Crippen molar-refractivity contribution >= 4 is 16.9 Å². The lowest BCUT2D eigenvalue weighted by atomic mass is 9.93. The van der Waals surface area contributed by atoms with Crippen molar-refractivity contribution in [2.24, 2.45) is 5.92 Å². The Labute approximate surface area is 146 Å². The van der Waals surface area contributed by atoms with Gasteiger partial charge >= 0.3 is 0 Å². The van der Waals surface area contributed by atoms with Crippen LogP contribution in [0.3, 0.4) is 0 Å². The molecule has 2 aromatic rings. The number of fused-ring (bicyclic) bond motifs is 1. The minimum absolute atomic E-state index is 0.0209. The fourth-order valence-electron chi connectivity index (χ4n) is 4.27. The summed E-state index contributed by atoms with van der Waals surface area (Å²) in [7, 11) is 0. The summed E-state index contributed by atoms with van der Waals surface area (Å²) in [6, 6.07) is 1.76. The van der Waals surface area contributed by atoms with Crippen LogP contribution in [0.1, 0.15) is 41.0 Å². The molecular formula is C18H24N4O3. The molecule has 1 aliphatic heterocycles. The second-order valence-electron chi connectivity index (χ2n) is 7.16. The number of nitrogens with one attached hydrogen (secondary N) is 1. The average Bonchev–Trinajstić information content (AvgIpc) is 3.19. The van der Waals surface area contributed by atoms with Gasteiger partial charge in [-0.3, -0.25) is 9.89 Å². The standard InChI is InChI=1S/C18H24N4O3/c1-10-8-13(16-11(2)20-21-17(16)19-10)18(24)22-6-7-25-9-14(22)12-4-3-5-15(12)23/h8,12,14-15,23H,3-7,9H2,1-2H3,(H,19,20,21)/t12-,14-,15+/m1/s1. The number of pyridine rings is 1. The van der Waals surface area contributed by atoms with Gasteiger partial charge in [-0.1, -0.05) is 6.42 Å². The van der Waals surface area contributed by atoms with Crippen LogP contribution in [0, 0.1) is 19.8 Å². The van der Waals surface area contributed by atoms with Crippen LogP contribution in [0.25, 0.3) is 11.0 Å². The smallest absolute Gasteiger partial charge is 0.255 e. The molecule has 2 N–H and O–H groups in total. The van der Waals surface area contributed by atoms with Gasteiger partial charge in [0.15, 0.2) is 5.65 Å². The zero-order valence-electron chi connectivity index (χ0n) is 14.7. The van der Waals surface area contributed by atoms with Crippen molar-refractivity contribution in [3.63, 3.8) is 0 Å². The SMILES string of the molecule is Cc1cc(C(=O)N2CCOC[C@@H]2[C@H]2CCC[C@@H]2O)c2c(C)[nH]nc2n1. The summed E-state index contributed by atoms with van der Waals surface area (Å²) >= 11 is 0. The maximum Gasteiger partial charge on any atom is 0.255 e. The Balaban J connectivity index is 1.72. The van der Waals surface area contributed by atoms with E-state index >= 15 is 0 Å². The maximum atomic E-state index is 13.4. The fourth-order valence-corrected chi connectivity index (χ4v) is 4.27. The highest BCUT2D eigenvalue weighted by Crippen LogP contribution is 2.33. The number of aryl methyl sites for hydroxylation is 2. The fraction of sp³-hybridized carbons (Fsp3) is 0.611. The summed E-state index contributed by atoms with van der Waals surface area (Å²) in [6.07, 6.45) is 2.40. The summed E-state index contributed by atoms with van der Waals surface area (Å²) in [4.78, 5) is 19.7. The average molecular weight is 344 g/mol. The molecule has 1 aliphatic carbocycles. The van der Waals surface area contributed by atoms with E-state index in [0.717, 1.165) is 36.0 Å². The van der Waals surface area contributed by atoms with Gasteiger partial charge in [-0.15, -0.1) is 0 Å². The van der Waals surface area contributed by atoms with Crippen molar-refractivity contribution in [3.8, 4) is 0 Å². The molecule has 7 heteroatoms. The molecule has 0 spiro atoms. The van der Waals surface area contributed by atoms with E-state index in [1.165, 1.54) is 0 Å². The number of carbonyl (C=O) groups excluding carboxylic acids is 1. The molecule has 1 saturated heterocycles. The van der Waals surface area contributed by atoms with E-state index in [2.05, 4.69) is 15.2 Å². The van der Waals surface area contributed by atoms with Gasteiger partial charge in [0, 0.05) is 23.9 Å². The van der Waals surface area contributed by atoms with Crippen LogP contribution in [-0.2, 0) is 4.74 Å². The van der Waals surface area contributed by atoms with E-state index in [0.29, 0.717) is 31.0 Å². The summed E-state index contributed by atoms with van der Waals surface area (Å²) in [5, 5.41) is 18.2. The molecule has 0 unspecified atom stereocenters. The number of aromatic amines is 1. The zero-order valence-corrected chi connectivity index (χ0v) is 14.7. The van der Waals surface area contributed by atoms with Gasteiger partial charge in [-0.2, -0.15) is 5.10 Å². The molecule has 4 rings (SSSR count). The van der Waals surface area contributed by atoms with Crippen molar-refractivity contribution in [2.45, 2.75) is 45.3 Å². The van der Waals surface area contributed by atoms with Crippen LogP contribution >= 0.6 is 0 Å². The minimum atomic E-state index is -0.350. The predicted octanol–water partition coefficient (Wildman–Crippen LogP) is 1.58. The Kier molecular flexibility index (Phi) is 4.21. The quantitative estimate of drug-likeness (QED) is 0.863. The number of morpholine rings is 1. The van der Waals surface area contributed by atoms with Crippen molar-refractivity contribution in [3.05, 3.63) is 23.0 Å². The number of aliphatic hydroxyl groups is 1. The van der Waals surface area contributed by atoms with Crippen molar-refractivity contribution in [1.82, 2.24) is 20.1 Å². The number of H-pyrrole nitrogens is 1. The molecule has 1 amide bonds. The monoisotopic (exact) mass is 344 g/mol. The molecule has 7 nitrogen and oxygen atoms in total. The Hall–Kier alpha value is -1.99. The number of rotatable bonds is 2. The van der Waals surface area contributed by atoms with Crippen LogP contribution in [-0.4, -0.2) is 63.0 Å². The normalized spacial score (nSPS) is 27.2. The molecule has 0 radical (unpaired) electrons. The van der Waals surface area contributed by atoms with Crippen LogP contribution in [0.4, 0.5) is 0 Å². The van der Waals surface area contributed by atoms with E-state index in [1.807, 2.05) is 24.8 Å². The molecular weight excluding hydrogens is 320 g/mol. The second kappa shape index (κ2) is 6.38. The highest BCUT2D eigenvalue weighted by molar-refractivity contribution is 6.06. The number of nitrogens with zero attached hydrogens (tertiary/aromatic N) is 3. The molecule has 134 valence electrons. The van der Waals surface area contributed by atoms with Crippen LogP contribution in [0.2, 0.25) is 0 Å². The van der Waals surface area contributed by atoms with E-state index in [9.17, 15) is 9.90 Å². The number of carbonyl (C=O) groups is 1. The lowest BCUT2D eigenvalue weighted by Gasteiger charge is -2.40. The van der Waals surface area contributed by atoms with E-state index in [4.69, 9.17) is 4.74 Å². The Morgan fingerprint density at radius 3 is 3.00 bits per heavy atom. The summed E-state index contributed by atoms with van der Waals surface area (Å²) in [5.74, 6) is 0.0699. The topological polar surface area (TPSA) is 91.3 Å². The zero-order chi connectivity index (χ0) is 17.6. The molecule has 0 bridgehead atoms. The Morgan fingerprint density at radius 2 is 2.24 bits per heavy atom. The molecule has 2 aromatic heterocycles. The van der Waals surface area contributed by atoms with Gasteiger partial charge in [0.2, 0.25) is 0 Å². The van der Waals surface area contributed by atoms with Gasteiger partial charge < -0.3 is 14.7 Å². The third-order valence-electron chi connectivity index (χ3n) is 5.52. The van der Waals surface area contributed by atoms with Crippen molar-refractivity contribution in [2.75, 3.05) is 19.8 Å². The lowest BCUT2D eigenvalue weighted by Crippen LogP contribution is -2.53. The predicted molar refractivity (Wildman–Crippen MR) is 92.4 cm³/mol. The largest absolute Gasteiger partial charge is 0.393 e. The van der Waals surface area contributed by atoms with Gasteiger partial charge in [0.05, 0.1) is 36.3 Å². The maximum absolute atomic E-state index is 13.4. The summed E-state index contributed by atoms with van der Waals surface area (Å²) in [6.45, 7) is 5.35. The molecule has 3 heterocycles.